The van der Waals surface area contributed by atoms with Gasteiger partial charge in [0.15, 0.2) is 16.8 Å². The fraction of sp³-hybridized carbons (Fsp3) is 0.739. The van der Waals surface area contributed by atoms with Gasteiger partial charge in [-0.25, -0.2) is 0 Å². The summed E-state index contributed by atoms with van der Waals surface area (Å²) in [5.41, 5.74) is 5.92. The summed E-state index contributed by atoms with van der Waals surface area (Å²) in [5.74, 6) is 4.08. The fourth-order valence-electron chi connectivity index (χ4n) is 16.4. The van der Waals surface area contributed by atoms with Crippen LogP contribution < -0.4 is 30.1 Å². The molecule has 3 aliphatic rings. The quantitative estimate of drug-likeness (QED) is 0.0268. The van der Waals surface area contributed by atoms with Crippen LogP contribution in [0.4, 0.5) is 0 Å². The Balaban J connectivity index is -0.00000155. The highest BCUT2D eigenvalue weighted by Gasteiger charge is 2.42. The molecule has 16 nitrogen and oxygen atoms in total. The zero-order valence-corrected chi connectivity index (χ0v) is 109. The molecule has 5 aromatic rings. The maximum atomic E-state index is 5.69. The van der Waals surface area contributed by atoms with Crippen molar-refractivity contribution < 1.29 is 73.0 Å². The van der Waals surface area contributed by atoms with Crippen molar-refractivity contribution in [1.29, 1.82) is 0 Å². The maximum absolute atomic E-state index is 5.69. The molecule has 5 aromatic carbocycles. The Morgan fingerprint density at radius 2 is 0.566 bits per heavy atom. The second-order valence-electron chi connectivity index (χ2n) is 40.6. The van der Waals surface area contributed by atoms with E-state index in [-0.39, 0.29) is 26.2 Å². The third-order valence-corrected chi connectivity index (χ3v) is 45.6. The van der Waals surface area contributed by atoms with E-state index in [2.05, 4.69) is 225 Å². The van der Waals surface area contributed by atoms with Gasteiger partial charge < -0.3 is 73.0 Å². The van der Waals surface area contributed by atoms with Crippen LogP contribution in [0.3, 0.4) is 0 Å². The van der Waals surface area contributed by atoms with Crippen molar-refractivity contribution in [2.24, 2.45) is 0 Å². The summed E-state index contributed by atoms with van der Waals surface area (Å²) < 4.78 is 84.8. The molecule has 0 spiro atoms. The number of hydrogen-bond acceptors (Lipinski definition) is 16. The van der Waals surface area contributed by atoms with Crippen molar-refractivity contribution in [3.63, 3.8) is 0 Å². The SMILES string of the molecule is C1CCC(P(C2CCCCC2)C2CCCCC2)CC1.CC(C)(C)P(C(C)(C)C)C(C)(C)C.CC(C)OP(OC(C)C)OC(C)C.CCCCOP(OCCCC)OCCCC.CCCCP(CCCC)CCCC.CCOP(C)OCC.COP(OC)OC.COc1ccc(P(c2ccc(OC)cc2)c2ccc(OC)cc2)cc1.CP(C)C.CP(C)CP(C)C.CP(OCc1ccccc1)OCc1ccccc1. The first kappa shape index (κ1) is 147. The number of hydrogen-bond donors (Lipinski definition) is 0. The van der Waals surface area contributed by atoms with Crippen LogP contribution >= 0.6 is 98.0 Å². The van der Waals surface area contributed by atoms with Crippen LogP contribution in [0.2, 0.25) is 0 Å². The topological polar surface area (TPSA) is 148 Å². The lowest BCUT2D eigenvalue weighted by molar-refractivity contribution is 0.0945. The molecule has 143 heavy (non-hydrogen) atoms. The summed E-state index contributed by atoms with van der Waals surface area (Å²) in [6, 6.07) is 45.2. The molecule has 8 rings (SSSR count). The average molecular weight is 2230 g/mol. The highest BCUT2D eigenvalue weighted by molar-refractivity contribution is 7.79. The predicted molar refractivity (Wildman–Crippen MR) is 656 cm³/mol. The van der Waals surface area contributed by atoms with Crippen LogP contribution in [0.5, 0.6) is 17.2 Å². The predicted octanol–water partition coefficient (Wildman–Crippen LogP) is 39.1. The zero-order chi connectivity index (χ0) is 108. The summed E-state index contributed by atoms with van der Waals surface area (Å²) in [7, 11) is 6.26. The van der Waals surface area contributed by atoms with Crippen LogP contribution in [-0.2, 0) is 72.0 Å². The minimum absolute atomic E-state index is 0.0162. The zero-order valence-electron chi connectivity index (χ0n) is 98.4. The maximum Gasteiger partial charge on any atom is 0.333 e. The number of ether oxygens (including phenoxy) is 3. The second kappa shape index (κ2) is 95.6. The van der Waals surface area contributed by atoms with Gasteiger partial charge in [0.1, 0.15) is 17.2 Å². The number of rotatable bonds is 51. The normalized spacial score (nSPS) is 13.7. The molecule has 0 amide bonds. The highest BCUT2D eigenvalue weighted by atomic mass is 31.2. The Morgan fingerprint density at radius 1 is 0.308 bits per heavy atom. The van der Waals surface area contributed by atoms with E-state index in [0.29, 0.717) is 68.3 Å². The Kier molecular flexibility index (Phi) is 98.4. The second-order valence-corrected chi connectivity index (χ2v) is 68.1. The average Bonchev–Trinajstić information content (AvgIpc) is 1.19. The Bertz CT molecular complexity index is 3180. The molecule has 0 heterocycles. The van der Waals surface area contributed by atoms with E-state index in [1.807, 2.05) is 142 Å². The highest BCUT2D eigenvalue weighted by Crippen LogP contribution is 2.67. The molecule has 0 bridgehead atoms. The van der Waals surface area contributed by atoms with Crippen molar-refractivity contribution in [3.8, 4) is 17.2 Å². The Labute approximate surface area is 899 Å². The monoisotopic (exact) mass is 2230 g/mol. The molecule has 0 saturated heterocycles. The van der Waals surface area contributed by atoms with Gasteiger partial charge in [0, 0.05) is 34.7 Å². The molecule has 3 saturated carbocycles. The van der Waals surface area contributed by atoms with Gasteiger partial charge >= 0.3 is 25.8 Å². The lowest BCUT2D eigenvalue weighted by Gasteiger charge is -2.49. The largest absolute Gasteiger partial charge is 0.497 e. The summed E-state index contributed by atoms with van der Waals surface area (Å²) >= 11 is 0. The molecular formula is C115H218O16P12. The van der Waals surface area contributed by atoms with E-state index in [1.54, 1.807) is 138 Å². The van der Waals surface area contributed by atoms with E-state index in [9.17, 15) is 0 Å². The molecule has 834 valence electrons. The van der Waals surface area contributed by atoms with E-state index >= 15 is 0 Å². The lowest BCUT2D eigenvalue weighted by atomic mass is 9.99. The van der Waals surface area contributed by atoms with Crippen LogP contribution in [-0.4, -0.2) is 211 Å². The molecule has 0 atom stereocenters. The van der Waals surface area contributed by atoms with Crippen LogP contribution in [0.1, 0.15) is 344 Å². The van der Waals surface area contributed by atoms with Crippen LogP contribution in [0.25, 0.3) is 0 Å². The minimum atomic E-state index is -1.18. The number of benzene rings is 5. The molecule has 0 unspecified atom stereocenters. The minimum Gasteiger partial charge on any atom is -0.497 e. The first-order valence-corrected chi connectivity index (χ1v) is 74.1. The molecular weight excluding hydrogens is 2010 g/mol. The molecule has 0 aromatic heterocycles. The fourth-order valence-corrected chi connectivity index (χ4v) is 41.1. The smallest absolute Gasteiger partial charge is 0.333 e. The molecule has 0 aliphatic heterocycles. The van der Waals surface area contributed by atoms with Gasteiger partial charge in [-0.2, -0.15) is 0 Å². The van der Waals surface area contributed by atoms with Gasteiger partial charge in [-0.3, -0.25) is 0 Å². The summed E-state index contributed by atoms with van der Waals surface area (Å²) in [5, 5.41) is 5.16. The summed E-state index contributed by atoms with van der Waals surface area (Å²) in [6.45, 7) is 75.6. The van der Waals surface area contributed by atoms with E-state index in [1.165, 1.54) is 108 Å². The van der Waals surface area contributed by atoms with Crippen molar-refractivity contribution >= 4 is 114 Å². The molecule has 28 heteroatoms. The first-order valence-electron chi connectivity index (χ1n) is 53.9. The standard InChI is InChI=1S/C21H21O3P.C18H33P.C15H17O2P.C12H27O3P.2C12H27P.C9H21O3P.C5H13O2P.C5H14P2.C3H9O3P.C3H9P/c1-22-16-4-10-19(11-5-16)25(20-12-6-17(23-2)7-13-20)21-14-8-18(24-3)9-15-21;1-4-10-16(11-5-1)19(17-12-6-2-7-13-17)18-14-8-3-9-15-18;1-18(16-12-14-8-4-2-5-9-14)17-13-15-10-6-3-7-11-15;1-4-7-10-13-16(14-11-8-5-2)15-12-9-6-3;1-10(2,3)13(11(4,5)6)12(7,8)9;1-4-7-10-13(11-8-5-2)12-9-6-3;1-7(2)10-13(11-8(3)4)12-9(5)6;1-4-6-8(3)7-5-2;1-6(2)5-7(3)4;1-4-7(5-2)6-3;1-4(2)3/h4-15H,1-3H3;16-18H,1-15H2;2-11H,12-13H2,1H3;4-12H2,1-3H3;1-9H3;4-12H2,1-3H3;7-9H,1-6H3;4-5H2,1-3H3;5H2,1-4H3;1-3H3;1-3H3. The molecule has 0 radical (unpaired) electrons. The van der Waals surface area contributed by atoms with Gasteiger partial charge in [-0.05, 0) is 307 Å². The number of unbranched alkanes of at least 4 members (excludes halogenated alkanes) is 6. The van der Waals surface area contributed by atoms with Gasteiger partial charge in [-0.15, -0.1) is 31.7 Å². The van der Waals surface area contributed by atoms with Crippen molar-refractivity contribution in [2.45, 2.75) is 397 Å². The molecule has 3 aliphatic carbocycles. The van der Waals surface area contributed by atoms with E-state index in [4.69, 9.17) is 59.4 Å². The first-order chi connectivity index (χ1) is 68.0. The summed E-state index contributed by atoms with van der Waals surface area (Å²) in [4.78, 5) is 0. The third-order valence-electron chi connectivity index (χ3n) is 21.6. The van der Waals surface area contributed by atoms with Gasteiger partial charge in [0.2, 0.25) is 0 Å². The Hall–Kier alpha value is 0.140. The van der Waals surface area contributed by atoms with Gasteiger partial charge in [0.05, 0.1) is 85.9 Å². The van der Waals surface area contributed by atoms with E-state index in [0.717, 1.165) is 88.8 Å². The molecule has 0 N–H and O–H groups in total. The summed E-state index contributed by atoms with van der Waals surface area (Å²) in [6.07, 6.45) is 43.9. The number of methoxy groups -OCH3 is 3. The third kappa shape index (κ3) is 83.2. The van der Waals surface area contributed by atoms with Crippen molar-refractivity contribution in [3.05, 3.63) is 145 Å². The molecule has 3 fully saturated rings. The van der Waals surface area contributed by atoms with Gasteiger partial charge in [-0.1, -0.05) is 313 Å². The lowest BCUT2D eigenvalue weighted by Crippen LogP contribution is -2.34. The van der Waals surface area contributed by atoms with E-state index < -0.39 is 50.5 Å². The van der Waals surface area contributed by atoms with Crippen LogP contribution in [0.15, 0.2) is 133 Å². The van der Waals surface area contributed by atoms with Crippen molar-refractivity contribution in [2.75, 3.05) is 160 Å². The van der Waals surface area contributed by atoms with Gasteiger partial charge in [0.25, 0.3) is 0 Å². The van der Waals surface area contributed by atoms with Crippen molar-refractivity contribution in [1.82, 2.24) is 0 Å². The van der Waals surface area contributed by atoms with Crippen LogP contribution in [0, 0.1) is 0 Å². The Morgan fingerprint density at radius 3 is 0.762 bits per heavy atom.